The van der Waals surface area contributed by atoms with E-state index in [1.165, 1.54) is 12.1 Å². The summed E-state index contributed by atoms with van der Waals surface area (Å²) in [6.45, 7) is 4.28. The molecular formula is C15H17F2NS. The fourth-order valence-electron chi connectivity index (χ4n) is 2.16. The molecule has 1 aromatic heterocycles. The molecule has 19 heavy (non-hydrogen) atoms. The van der Waals surface area contributed by atoms with Crippen molar-refractivity contribution in [3.8, 4) is 10.4 Å². The van der Waals surface area contributed by atoms with Crippen LogP contribution >= 0.6 is 11.3 Å². The van der Waals surface area contributed by atoms with Gasteiger partial charge in [0.1, 0.15) is 11.6 Å². The minimum atomic E-state index is -0.548. The van der Waals surface area contributed by atoms with Gasteiger partial charge in [-0.05, 0) is 37.2 Å². The van der Waals surface area contributed by atoms with Crippen molar-refractivity contribution in [1.82, 2.24) is 5.32 Å². The van der Waals surface area contributed by atoms with Gasteiger partial charge >= 0.3 is 0 Å². The van der Waals surface area contributed by atoms with Gasteiger partial charge in [-0.2, -0.15) is 0 Å². The third-order valence-corrected chi connectivity index (χ3v) is 4.31. The molecular weight excluding hydrogens is 264 g/mol. The zero-order valence-electron chi connectivity index (χ0n) is 11.2. The highest BCUT2D eigenvalue weighted by Crippen LogP contribution is 2.35. The van der Waals surface area contributed by atoms with Crippen LogP contribution in [0.15, 0.2) is 30.3 Å². The van der Waals surface area contributed by atoms with Crippen molar-refractivity contribution in [3.05, 3.63) is 46.8 Å². The average molecular weight is 281 g/mol. The summed E-state index contributed by atoms with van der Waals surface area (Å²) in [5.41, 5.74) is 0.455. The quantitative estimate of drug-likeness (QED) is 0.863. The molecule has 0 spiro atoms. The Morgan fingerprint density at radius 2 is 1.84 bits per heavy atom. The molecule has 0 bridgehead atoms. The molecule has 1 unspecified atom stereocenters. The first-order chi connectivity index (χ1) is 9.02. The molecule has 0 amide bonds. The summed E-state index contributed by atoms with van der Waals surface area (Å²) in [6.07, 6.45) is 0. The van der Waals surface area contributed by atoms with E-state index in [4.69, 9.17) is 0 Å². The summed E-state index contributed by atoms with van der Waals surface area (Å²) in [7, 11) is 1.92. The van der Waals surface area contributed by atoms with Gasteiger partial charge in [0.15, 0.2) is 0 Å². The van der Waals surface area contributed by atoms with Crippen molar-refractivity contribution < 1.29 is 8.78 Å². The van der Waals surface area contributed by atoms with Gasteiger partial charge in [-0.1, -0.05) is 13.8 Å². The van der Waals surface area contributed by atoms with Crippen LogP contribution in [-0.2, 0) is 0 Å². The van der Waals surface area contributed by atoms with E-state index in [2.05, 4.69) is 19.2 Å². The monoisotopic (exact) mass is 281 g/mol. The lowest BCUT2D eigenvalue weighted by Crippen LogP contribution is -2.20. The maximum absolute atomic E-state index is 13.7. The Balaban J connectivity index is 2.35. The van der Waals surface area contributed by atoms with E-state index in [0.29, 0.717) is 11.5 Å². The highest BCUT2D eigenvalue weighted by molar-refractivity contribution is 7.15. The summed E-state index contributed by atoms with van der Waals surface area (Å²) in [6, 6.07) is 7.85. The molecule has 0 aliphatic heterocycles. The molecule has 0 fully saturated rings. The third-order valence-electron chi connectivity index (χ3n) is 3.11. The number of benzene rings is 1. The Bertz CT molecular complexity index is 563. The second kappa shape index (κ2) is 5.80. The van der Waals surface area contributed by atoms with Gasteiger partial charge < -0.3 is 5.32 Å². The van der Waals surface area contributed by atoms with Crippen molar-refractivity contribution in [2.45, 2.75) is 19.9 Å². The Kier molecular flexibility index (Phi) is 4.32. The van der Waals surface area contributed by atoms with Crippen LogP contribution in [0.25, 0.3) is 10.4 Å². The lowest BCUT2D eigenvalue weighted by atomic mass is 10.0. The molecule has 1 N–H and O–H groups in total. The summed E-state index contributed by atoms with van der Waals surface area (Å²) >= 11 is 1.54. The number of halogens is 2. The van der Waals surface area contributed by atoms with Crippen molar-refractivity contribution in [1.29, 1.82) is 0 Å². The summed E-state index contributed by atoms with van der Waals surface area (Å²) in [4.78, 5) is 1.99. The minimum Gasteiger partial charge on any atom is -0.312 e. The second-order valence-electron chi connectivity index (χ2n) is 4.84. The van der Waals surface area contributed by atoms with E-state index in [-0.39, 0.29) is 6.04 Å². The van der Waals surface area contributed by atoms with E-state index in [0.717, 1.165) is 15.8 Å². The standard InChI is InChI=1S/C15H17F2NS/c1-9(2)15(18-3)14-7-6-13(19-14)11-5-4-10(16)8-12(11)17/h4-9,15,18H,1-3H3. The van der Waals surface area contributed by atoms with Gasteiger partial charge in [0.05, 0.1) is 0 Å². The van der Waals surface area contributed by atoms with Gasteiger partial charge in [-0.15, -0.1) is 11.3 Å². The predicted octanol–water partition coefficient (Wildman–Crippen LogP) is 4.61. The molecule has 1 nitrogen and oxygen atoms in total. The smallest absolute Gasteiger partial charge is 0.134 e. The predicted molar refractivity (Wildman–Crippen MR) is 76.3 cm³/mol. The van der Waals surface area contributed by atoms with Crippen LogP contribution in [-0.4, -0.2) is 7.05 Å². The number of hydrogen-bond acceptors (Lipinski definition) is 2. The Hall–Kier alpha value is -1.26. The maximum atomic E-state index is 13.7. The van der Waals surface area contributed by atoms with Gasteiger partial charge in [0.25, 0.3) is 0 Å². The highest BCUT2D eigenvalue weighted by atomic mass is 32.1. The van der Waals surface area contributed by atoms with E-state index < -0.39 is 11.6 Å². The first-order valence-corrected chi connectivity index (χ1v) is 7.07. The normalized spacial score (nSPS) is 12.9. The summed E-state index contributed by atoms with van der Waals surface area (Å²) in [5.74, 6) is -0.609. The molecule has 0 aliphatic rings. The topological polar surface area (TPSA) is 12.0 Å². The Morgan fingerprint density at radius 3 is 2.42 bits per heavy atom. The van der Waals surface area contributed by atoms with E-state index in [1.807, 2.05) is 19.2 Å². The molecule has 4 heteroatoms. The Labute approximate surface area is 116 Å². The molecule has 1 heterocycles. The first kappa shape index (κ1) is 14.2. The molecule has 0 saturated carbocycles. The Morgan fingerprint density at radius 1 is 1.11 bits per heavy atom. The van der Waals surface area contributed by atoms with Crippen LogP contribution < -0.4 is 5.32 Å². The maximum Gasteiger partial charge on any atom is 0.134 e. The molecule has 2 rings (SSSR count). The van der Waals surface area contributed by atoms with Gasteiger partial charge in [-0.25, -0.2) is 8.78 Å². The van der Waals surface area contributed by atoms with Crippen molar-refractivity contribution in [2.75, 3.05) is 7.05 Å². The lowest BCUT2D eigenvalue weighted by molar-refractivity contribution is 0.449. The molecule has 1 aromatic carbocycles. The minimum absolute atomic E-state index is 0.252. The average Bonchev–Trinajstić information content (AvgIpc) is 2.78. The fraction of sp³-hybridized carbons (Fsp3) is 0.333. The number of nitrogens with one attached hydrogen (secondary N) is 1. The van der Waals surface area contributed by atoms with Crippen molar-refractivity contribution in [3.63, 3.8) is 0 Å². The third kappa shape index (κ3) is 3.01. The number of hydrogen-bond donors (Lipinski definition) is 1. The summed E-state index contributed by atoms with van der Waals surface area (Å²) < 4.78 is 26.6. The fourth-order valence-corrected chi connectivity index (χ4v) is 3.48. The largest absolute Gasteiger partial charge is 0.312 e. The zero-order chi connectivity index (χ0) is 14.0. The van der Waals surface area contributed by atoms with Crippen LogP contribution in [0.3, 0.4) is 0 Å². The van der Waals surface area contributed by atoms with Gasteiger partial charge in [0.2, 0.25) is 0 Å². The van der Waals surface area contributed by atoms with E-state index in [9.17, 15) is 8.78 Å². The number of thiophene rings is 1. The van der Waals surface area contributed by atoms with E-state index >= 15 is 0 Å². The highest BCUT2D eigenvalue weighted by Gasteiger charge is 2.17. The lowest BCUT2D eigenvalue weighted by Gasteiger charge is -2.18. The van der Waals surface area contributed by atoms with Gasteiger partial charge in [0, 0.05) is 27.4 Å². The van der Waals surface area contributed by atoms with Crippen molar-refractivity contribution in [2.24, 2.45) is 5.92 Å². The molecule has 0 radical (unpaired) electrons. The zero-order valence-corrected chi connectivity index (χ0v) is 12.0. The van der Waals surface area contributed by atoms with Crippen LogP contribution in [0, 0.1) is 17.6 Å². The van der Waals surface area contributed by atoms with Crippen LogP contribution in [0.5, 0.6) is 0 Å². The van der Waals surface area contributed by atoms with Crippen LogP contribution in [0.4, 0.5) is 8.78 Å². The van der Waals surface area contributed by atoms with E-state index in [1.54, 1.807) is 11.3 Å². The molecule has 1 atom stereocenters. The van der Waals surface area contributed by atoms with Crippen LogP contribution in [0.1, 0.15) is 24.8 Å². The number of rotatable bonds is 4. The van der Waals surface area contributed by atoms with Crippen molar-refractivity contribution >= 4 is 11.3 Å². The molecule has 0 aliphatic carbocycles. The molecule has 102 valence electrons. The first-order valence-electron chi connectivity index (χ1n) is 6.25. The summed E-state index contributed by atoms with van der Waals surface area (Å²) in [5, 5.41) is 3.26. The molecule has 2 aromatic rings. The second-order valence-corrected chi connectivity index (χ2v) is 5.95. The molecule has 0 saturated heterocycles. The SMILES string of the molecule is CNC(c1ccc(-c2ccc(F)cc2F)s1)C(C)C. The van der Waals surface area contributed by atoms with Crippen LogP contribution in [0.2, 0.25) is 0 Å². The van der Waals surface area contributed by atoms with Gasteiger partial charge in [-0.3, -0.25) is 0 Å².